The first-order chi connectivity index (χ1) is 16.9. The SMILES string of the molecule is C=CCc1ccc(OCCOc2ccc(/C=C3/C(=N)N4OC(C)=CC4=NC3=O)cc2Cl)c(OC)c1. The second-order valence-electron chi connectivity index (χ2n) is 7.69. The number of ether oxygens (including phenoxy) is 3. The maximum Gasteiger partial charge on any atom is 0.282 e. The first-order valence-corrected chi connectivity index (χ1v) is 11.2. The number of nitrogens with one attached hydrogen (secondary N) is 1. The number of carbonyl (C=O) groups excluding carboxylic acids is 1. The van der Waals surface area contributed by atoms with E-state index in [9.17, 15) is 4.79 Å². The number of nitrogens with zero attached hydrogens (tertiary/aromatic N) is 2. The van der Waals surface area contributed by atoms with Gasteiger partial charge in [-0.15, -0.1) is 11.6 Å². The Morgan fingerprint density at radius 3 is 2.60 bits per heavy atom. The van der Waals surface area contributed by atoms with Crippen LogP contribution in [0.15, 0.2) is 71.5 Å². The number of aliphatic imine (C=N–C) groups is 1. The van der Waals surface area contributed by atoms with Crippen LogP contribution in [-0.2, 0) is 16.1 Å². The number of amidine groups is 2. The van der Waals surface area contributed by atoms with E-state index >= 15 is 0 Å². The van der Waals surface area contributed by atoms with Crippen molar-refractivity contribution in [1.29, 1.82) is 5.41 Å². The molecule has 0 aromatic heterocycles. The minimum Gasteiger partial charge on any atom is -0.493 e. The average molecular weight is 494 g/mol. The molecule has 2 aliphatic heterocycles. The van der Waals surface area contributed by atoms with Gasteiger partial charge in [0.25, 0.3) is 5.91 Å². The maximum atomic E-state index is 12.4. The van der Waals surface area contributed by atoms with Gasteiger partial charge >= 0.3 is 0 Å². The third-order valence-corrected chi connectivity index (χ3v) is 5.45. The number of allylic oxidation sites excluding steroid dienone is 2. The van der Waals surface area contributed by atoms with Crippen molar-refractivity contribution in [2.24, 2.45) is 4.99 Å². The van der Waals surface area contributed by atoms with E-state index in [2.05, 4.69) is 11.6 Å². The minimum atomic E-state index is -0.516. The van der Waals surface area contributed by atoms with Gasteiger partial charge in [-0.2, -0.15) is 4.99 Å². The van der Waals surface area contributed by atoms with Gasteiger partial charge in [-0.05, 0) is 54.8 Å². The topological polar surface area (TPSA) is 93.4 Å². The number of hydrogen-bond donors (Lipinski definition) is 1. The van der Waals surface area contributed by atoms with E-state index in [0.717, 1.165) is 12.0 Å². The number of halogens is 1. The van der Waals surface area contributed by atoms with Gasteiger partial charge in [0.15, 0.2) is 23.2 Å². The van der Waals surface area contributed by atoms with Crippen molar-refractivity contribution in [2.45, 2.75) is 13.3 Å². The number of rotatable bonds is 9. The smallest absolute Gasteiger partial charge is 0.282 e. The Bertz CT molecular complexity index is 1280. The molecule has 1 amide bonds. The van der Waals surface area contributed by atoms with E-state index in [1.165, 1.54) is 5.06 Å². The highest BCUT2D eigenvalue weighted by molar-refractivity contribution is 6.33. The molecule has 0 bridgehead atoms. The van der Waals surface area contributed by atoms with Crippen LogP contribution in [0.1, 0.15) is 18.1 Å². The largest absolute Gasteiger partial charge is 0.493 e. The van der Waals surface area contributed by atoms with Gasteiger partial charge < -0.3 is 19.0 Å². The molecule has 0 atom stereocenters. The van der Waals surface area contributed by atoms with E-state index in [1.807, 2.05) is 24.3 Å². The lowest BCUT2D eigenvalue weighted by molar-refractivity contribution is -0.114. The molecule has 2 aliphatic rings. The highest BCUT2D eigenvalue weighted by atomic mass is 35.5. The van der Waals surface area contributed by atoms with Crippen LogP contribution in [0, 0.1) is 5.41 Å². The molecule has 0 saturated carbocycles. The first kappa shape index (κ1) is 24.1. The Labute approximate surface area is 208 Å². The van der Waals surface area contributed by atoms with Crippen molar-refractivity contribution in [1.82, 2.24) is 5.06 Å². The summed E-state index contributed by atoms with van der Waals surface area (Å²) in [7, 11) is 1.59. The summed E-state index contributed by atoms with van der Waals surface area (Å²) in [5.74, 6) is 1.98. The number of carbonyl (C=O) groups is 1. The standard InChI is InChI=1S/C26H24ClN3O5/c1-4-5-17-6-9-22(23(15-17)32-3)34-11-10-33-21-8-7-18(14-20(21)27)13-19-25(28)30-24(29-26(19)31)12-16(2)35-30/h4,6-9,12-15,28H,1,5,10-11H2,2-3H3/b19-13-,28-25?. The van der Waals surface area contributed by atoms with Gasteiger partial charge in [0, 0.05) is 6.08 Å². The third-order valence-electron chi connectivity index (χ3n) is 5.15. The van der Waals surface area contributed by atoms with E-state index < -0.39 is 5.91 Å². The zero-order valence-corrected chi connectivity index (χ0v) is 20.1. The zero-order valence-electron chi connectivity index (χ0n) is 19.3. The Balaban J connectivity index is 1.37. The van der Waals surface area contributed by atoms with E-state index in [1.54, 1.807) is 44.4 Å². The fourth-order valence-corrected chi connectivity index (χ4v) is 3.76. The number of methoxy groups -OCH3 is 1. The van der Waals surface area contributed by atoms with Crippen molar-refractivity contribution in [3.8, 4) is 17.2 Å². The molecule has 0 saturated heterocycles. The van der Waals surface area contributed by atoms with Crippen LogP contribution in [0.2, 0.25) is 5.02 Å². The molecule has 0 spiro atoms. The molecular formula is C26H24ClN3O5. The van der Waals surface area contributed by atoms with Crippen molar-refractivity contribution in [3.63, 3.8) is 0 Å². The molecule has 0 unspecified atom stereocenters. The van der Waals surface area contributed by atoms with Crippen LogP contribution in [-0.4, -0.2) is 43.0 Å². The van der Waals surface area contributed by atoms with Gasteiger partial charge in [-0.3, -0.25) is 10.2 Å². The van der Waals surface area contributed by atoms with Crippen molar-refractivity contribution >= 4 is 35.3 Å². The third kappa shape index (κ3) is 5.38. The van der Waals surface area contributed by atoms with E-state index in [4.69, 9.17) is 36.1 Å². The van der Waals surface area contributed by atoms with Crippen molar-refractivity contribution in [2.75, 3.05) is 20.3 Å². The highest BCUT2D eigenvalue weighted by Gasteiger charge is 2.34. The summed E-state index contributed by atoms with van der Waals surface area (Å²) in [6, 6.07) is 10.8. The second-order valence-corrected chi connectivity index (χ2v) is 8.09. The molecule has 8 nitrogen and oxygen atoms in total. The van der Waals surface area contributed by atoms with Crippen LogP contribution in [0.3, 0.4) is 0 Å². The summed E-state index contributed by atoms with van der Waals surface area (Å²) in [6.07, 6.45) is 5.72. The van der Waals surface area contributed by atoms with Crippen molar-refractivity contribution < 1.29 is 23.8 Å². The molecule has 0 aliphatic carbocycles. The monoisotopic (exact) mass is 493 g/mol. The van der Waals surface area contributed by atoms with Crippen LogP contribution >= 0.6 is 11.6 Å². The molecule has 1 N–H and O–H groups in total. The van der Waals surface area contributed by atoms with Gasteiger partial charge in [0.2, 0.25) is 0 Å². The van der Waals surface area contributed by atoms with Gasteiger partial charge in [0.1, 0.15) is 24.7 Å². The molecule has 9 heteroatoms. The Morgan fingerprint density at radius 2 is 1.89 bits per heavy atom. The van der Waals surface area contributed by atoms with Gasteiger partial charge in [0.05, 0.1) is 17.7 Å². The summed E-state index contributed by atoms with van der Waals surface area (Å²) in [5, 5.41) is 9.87. The van der Waals surface area contributed by atoms with Crippen LogP contribution in [0.4, 0.5) is 0 Å². The summed E-state index contributed by atoms with van der Waals surface area (Å²) in [4.78, 5) is 21.8. The molecular weight excluding hydrogens is 470 g/mol. The normalized spacial score (nSPS) is 15.9. The number of hydroxylamine groups is 2. The number of fused-ring (bicyclic) bond motifs is 1. The summed E-state index contributed by atoms with van der Waals surface area (Å²) in [6.45, 7) is 6.02. The Hall–Kier alpha value is -4.04. The molecule has 4 rings (SSSR count). The predicted molar refractivity (Wildman–Crippen MR) is 134 cm³/mol. The second kappa shape index (κ2) is 10.5. The number of benzene rings is 2. The lowest BCUT2D eigenvalue weighted by Crippen LogP contribution is -2.38. The van der Waals surface area contributed by atoms with Crippen LogP contribution in [0.5, 0.6) is 17.2 Å². The molecule has 2 heterocycles. The number of hydrogen-bond acceptors (Lipinski definition) is 6. The lowest BCUT2D eigenvalue weighted by Gasteiger charge is -2.23. The minimum absolute atomic E-state index is 0.0883. The van der Waals surface area contributed by atoms with E-state index in [0.29, 0.717) is 39.4 Å². The molecule has 35 heavy (non-hydrogen) atoms. The van der Waals surface area contributed by atoms with Crippen LogP contribution in [0.25, 0.3) is 6.08 Å². The van der Waals surface area contributed by atoms with Crippen LogP contribution < -0.4 is 14.2 Å². The quantitative estimate of drug-likeness (QED) is 0.300. The Kier molecular flexibility index (Phi) is 7.22. The van der Waals surface area contributed by atoms with Gasteiger partial charge in [-0.25, -0.2) is 0 Å². The summed E-state index contributed by atoms with van der Waals surface area (Å²) < 4.78 is 16.9. The Morgan fingerprint density at radius 1 is 1.14 bits per heavy atom. The highest BCUT2D eigenvalue weighted by Crippen LogP contribution is 2.30. The first-order valence-electron chi connectivity index (χ1n) is 10.8. The predicted octanol–water partition coefficient (Wildman–Crippen LogP) is 4.99. The fourth-order valence-electron chi connectivity index (χ4n) is 3.52. The molecule has 0 fully saturated rings. The molecule has 2 aromatic carbocycles. The fraction of sp³-hybridized carbons (Fsp3) is 0.192. The average Bonchev–Trinajstić information content (AvgIpc) is 3.21. The summed E-state index contributed by atoms with van der Waals surface area (Å²) >= 11 is 6.39. The van der Waals surface area contributed by atoms with Crippen molar-refractivity contribution in [3.05, 3.63) is 82.6 Å². The summed E-state index contributed by atoms with van der Waals surface area (Å²) in [5.41, 5.74) is 1.81. The lowest BCUT2D eigenvalue weighted by atomic mass is 10.1. The van der Waals surface area contributed by atoms with Gasteiger partial charge in [-0.1, -0.05) is 29.8 Å². The molecule has 2 aromatic rings. The zero-order chi connectivity index (χ0) is 24.9. The molecule has 0 radical (unpaired) electrons. The van der Waals surface area contributed by atoms with E-state index in [-0.39, 0.29) is 24.6 Å². The number of amides is 1. The maximum absolute atomic E-state index is 12.4. The molecule has 180 valence electrons.